The monoisotopic (exact) mass is 1580 g/mol. The second kappa shape index (κ2) is 38.4. The predicted octanol–water partition coefficient (Wildman–Crippen LogP) is 19.0. The number of rotatable bonds is 31. The van der Waals surface area contributed by atoms with Crippen LogP contribution in [0.2, 0.25) is 0 Å². The fourth-order valence-electron chi connectivity index (χ4n) is 10.8. The van der Waals surface area contributed by atoms with Crippen LogP contribution in [0, 0.1) is 0 Å². The van der Waals surface area contributed by atoms with Crippen molar-refractivity contribution in [1.29, 1.82) is 0 Å². The average molecular weight is 1580 g/mol. The summed E-state index contributed by atoms with van der Waals surface area (Å²) in [6.45, 7) is 14.6. The summed E-state index contributed by atoms with van der Waals surface area (Å²) in [5.41, 5.74) is 12.2. The Hall–Kier alpha value is -6.84. The van der Waals surface area contributed by atoms with Gasteiger partial charge in [0.2, 0.25) is 0 Å². The van der Waals surface area contributed by atoms with E-state index in [0.29, 0.717) is 106 Å². The van der Waals surface area contributed by atoms with E-state index in [-0.39, 0.29) is 0 Å². The zero-order chi connectivity index (χ0) is 68.5. The summed E-state index contributed by atoms with van der Waals surface area (Å²) in [5, 5.41) is 5.97. The molecule has 0 amide bonds. The van der Waals surface area contributed by atoms with Gasteiger partial charge in [0.15, 0.2) is 60.9 Å². The van der Waals surface area contributed by atoms with Crippen molar-refractivity contribution in [3.63, 3.8) is 0 Å². The minimum atomic E-state index is 0.478. The molecule has 0 aliphatic carbocycles. The molecular formula is C78H78Br2N4O10S6+2. The Morgan fingerprint density at radius 2 is 0.710 bits per heavy atom. The fourth-order valence-corrected chi connectivity index (χ4v) is 18.3. The minimum Gasteiger partial charge on any atom is -0.485 e. The van der Waals surface area contributed by atoms with E-state index in [1.54, 1.807) is 45.3 Å². The molecule has 2 aliphatic rings. The van der Waals surface area contributed by atoms with Crippen LogP contribution in [0.25, 0.3) is 71.0 Å². The molecule has 22 heteroatoms. The Morgan fingerprint density at radius 3 is 1.09 bits per heavy atom. The molecule has 0 bridgehead atoms. The largest absolute Gasteiger partial charge is 0.485 e. The highest BCUT2D eigenvalue weighted by Crippen LogP contribution is 2.54. The molecule has 0 N–H and O–H groups in total. The van der Waals surface area contributed by atoms with Crippen molar-refractivity contribution < 1.29 is 56.5 Å². The lowest BCUT2D eigenvalue weighted by Crippen LogP contribution is -2.33. The molecule has 0 atom stereocenters. The Kier molecular flexibility index (Phi) is 28.0. The van der Waals surface area contributed by atoms with Crippen LogP contribution in [-0.2, 0) is 65.4 Å². The van der Waals surface area contributed by atoms with Crippen molar-refractivity contribution in [1.82, 2.24) is 9.97 Å². The summed E-state index contributed by atoms with van der Waals surface area (Å²) in [5.74, 6) is 3.29. The molecule has 10 aromatic heterocycles. The van der Waals surface area contributed by atoms with Gasteiger partial charge in [-0.2, -0.15) is 0 Å². The molecule has 2 aliphatic heterocycles. The smallest absolute Gasteiger partial charge is 0.180 e. The number of hydrogen-bond donors (Lipinski definition) is 0. The highest BCUT2D eigenvalue weighted by atomic mass is 79.9. The van der Waals surface area contributed by atoms with Crippen LogP contribution in [0.15, 0.2) is 194 Å². The normalized spacial score (nSPS) is 12.2. The third kappa shape index (κ3) is 20.3. The maximum atomic E-state index is 6.14. The first-order valence-electron chi connectivity index (χ1n) is 33.1. The maximum absolute atomic E-state index is 6.14. The van der Waals surface area contributed by atoms with Crippen LogP contribution >= 0.6 is 99.9 Å². The van der Waals surface area contributed by atoms with E-state index in [9.17, 15) is 0 Å². The summed E-state index contributed by atoms with van der Waals surface area (Å²) < 4.78 is 62.8. The summed E-state index contributed by atoms with van der Waals surface area (Å²) >= 11 is 17.3. The van der Waals surface area contributed by atoms with Crippen molar-refractivity contribution in [2.75, 3.05) is 92.5 Å². The number of ether oxygens (including phenoxy) is 10. The van der Waals surface area contributed by atoms with Gasteiger partial charge in [0, 0.05) is 124 Å². The first kappa shape index (κ1) is 72.9. The van der Waals surface area contributed by atoms with Crippen LogP contribution in [0.3, 0.4) is 0 Å². The molecule has 0 unspecified atom stereocenters. The second-order valence-electron chi connectivity index (χ2n) is 22.8. The number of aromatic nitrogens is 4. The van der Waals surface area contributed by atoms with Crippen LogP contribution in [0.5, 0.6) is 23.0 Å². The highest BCUT2D eigenvalue weighted by molar-refractivity contribution is 9.08. The van der Waals surface area contributed by atoms with Crippen molar-refractivity contribution in [2.24, 2.45) is 0 Å². The summed E-state index contributed by atoms with van der Waals surface area (Å²) in [4.78, 5) is 20.0. The van der Waals surface area contributed by atoms with Gasteiger partial charge in [-0.25, -0.2) is 9.13 Å². The number of pyridine rings is 4. The van der Waals surface area contributed by atoms with Crippen LogP contribution in [0.1, 0.15) is 47.2 Å². The number of hydrogen-bond acceptors (Lipinski definition) is 18. The number of nitrogens with zero attached hydrogens (tertiary/aromatic N) is 4. The minimum absolute atomic E-state index is 0.478. The van der Waals surface area contributed by atoms with Crippen molar-refractivity contribution in [3.05, 3.63) is 227 Å². The van der Waals surface area contributed by atoms with E-state index in [1.807, 2.05) is 96.3 Å². The van der Waals surface area contributed by atoms with Gasteiger partial charge in [-0.1, -0.05) is 80.4 Å². The molecule has 0 spiro atoms. The average Bonchev–Trinajstić information content (AvgIpc) is 1.63. The third-order valence-electron chi connectivity index (χ3n) is 15.9. The van der Waals surface area contributed by atoms with E-state index in [1.165, 1.54) is 73.8 Å². The zero-order valence-electron chi connectivity index (χ0n) is 55.7. The van der Waals surface area contributed by atoms with Gasteiger partial charge >= 0.3 is 0 Å². The number of thiophene rings is 6. The standard InChI is InChI=1S/C42H46O10S6.C28H24N4.C8H8Br2/c1-3-43-9-11-45-13-15-47-23-27-21-35(57-39(27)41-37-29(25-53-41)49-17-19-51-37)33-7-5-31(55-33)32-6-8-34(56-32)36-22-28(24-48-16-14-46-12-10-44-4-2)40(58-36)42-38-30(26-54-42)50-18-20-52-38;1-2-24(22-32-19-11-28(12-20-32)26-7-15-30-16-8-26)4-3-23(1)21-31-17-9-27(10-18-31)25-5-13-29-14-6-25;9-5-7-1-2-8(6-10)4-3-7/h5-8,21-22,25-26H,3-4,9-20,23-24H2,1-2H3;1-20H,21-22H2;1-4H,5-6H2/q;+2;. The first-order chi connectivity index (χ1) is 49.4. The Balaban J connectivity index is 0.000000187. The molecule has 14 rings (SSSR count). The van der Waals surface area contributed by atoms with E-state index < -0.39 is 0 Å². The van der Waals surface area contributed by atoms with Gasteiger partial charge in [0.1, 0.15) is 26.4 Å². The molecule has 12 aromatic rings. The Morgan fingerprint density at radius 1 is 0.370 bits per heavy atom. The van der Waals surface area contributed by atoms with Gasteiger partial charge in [-0.05, 0) is 119 Å². The molecule has 0 saturated carbocycles. The molecule has 100 heavy (non-hydrogen) atoms. The molecular weight excluding hydrogens is 1510 g/mol. The number of fused-ring (bicyclic) bond motifs is 2. The van der Waals surface area contributed by atoms with Gasteiger partial charge in [0.05, 0.1) is 85.6 Å². The molecule has 0 saturated heterocycles. The van der Waals surface area contributed by atoms with Crippen LogP contribution in [-0.4, -0.2) is 102 Å². The lowest BCUT2D eigenvalue weighted by molar-refractivity contribution is -0.688. The predicted molar refractivity (Wildman–Crippen MR) is 413 cm³/mol. The topological polar surface area (TPSA) is 126 Å². The fraction of sp³-hybridized carbons (Fsp3) is 0.282. The second-order valence-corrected chi connectivity index (χ2v) is 29.9. The van der Waals surface area contributed by atoms with Crippen molar-refractivity contribution in [3.8, 4) is 94.0 Å². The van der Waals surface area contributed by atoms with Gasteiger partial charge < -0.3 is 47.4 Å². The van der Waals surface area contributed by atoms with Crippen molar-refractivity contribution >= 4 is 99.9 Å². The first-order valence-corrected chi connectivity index (χ1v) is 40.4. The number of halogens is 2. The molecule has 2 aromatic carbocycles. The van der Waals surface area contributed by atoms with Crippen LogP contribution < -0.4 is 28.1 Å². The molecule has 0 fully saturated rings. The van der Waals surface area contributed by atoms with Crippen LogP contribution in [0.4, 0.5) is 0 Å². The molecule has 14 nitrogen and oxygen atoms in total. The third-order valence-corrected chi connectivity index (χ3v) is 24.5. The van der Waals surface area contributed by atoms with Gasteiger partial charge in [-0.15, -0.1) is 68.0 Å². The SMILES string of the molecule is BrCc1ccc(CBr)cc1.CCOCCOCCOCc1cc(-c2ccc(-c3ccc(-c4cc(COCCOCCOCC)c(-c5scc6c5OCCO6)s4)s3)s2)sc1-c1scc2c1OCCO2.c1cc(-c2cc[n+](Cc3ccc(C[n+]4ccc(-c5ccncc5)cc4)cc3)cc2)ccn1. The Labute approximate surface area is 625 Å². The van der Waals surface area contributed by atoms with Crippen molar-refractivity contribution in [2.45, 2.75) is 50.8 Å². The number of alkyl halides is 2. The maximum Gasteiger partial charge on any atom is 0.180 e. The summed E-state index contributed by atoms with van der Waals surface area (Å²) in [7, 11) is 0. The molecule has 518 valence electrons. The lowest BCUT2D eigenvalue weighted by Gasteiger charge is -2.16. The van der Waals surface area contributed by atoms with Gasteiger partial charge in [0.25, 0.3) is 0 Å². The van der Waals surface area contributed by atoms with E-state index in [2.05, 4.69) is 185 Å². The number of benzene rings is 2. The summed E-state index contributed by atoms with van der Waals surface area (Å²) in [6.07, 6.45) is 15.8. The molecule has 12 heterocycles. The quantitative estimate of drug-likeness (QED) is 0.0233. The molecule has 0 radical (unpaired) electrons. The Bertz CT molecular complexity index is 4130. The highest BCUT2D eigenvalue weighted by Gasteiger charge is 2.27. The van der Waals surface area contributed by atoms with E-state index in [4.69, 9.17) is 47.4 Å². The summed E-state index contributed by atoms with van der Waals surface area (Å²) in [6, 6.07) is 47.6. The van der Waals surface area contributed by atoms with E-state index in [0.717, 1.165) is 77.4 Å². The van der Waals surface area contributed by atoms with Gasteiger partial charge in [-0.3, -0.25) is 9.97 Å². The lowest BCUT2D eigenvalue weighted by atomic mass is 10.1. The van der Waals surface area contributed by atoms with E-state index >= 15 is 0 Å². The zero-order valence-corrected chi connectivity index (χ0v) is 63.8.